The highest BCUT2D eigenvalue weighted by atomic mass is 28.4. The molecule has 2 atom stereocenters. The average molecular weight is 397 g/mol. The third-order valence-corrected chi connectivity index (χ3v) is 15.6. The Morgan fingerprint density at radius 2 is 1.38 bits per heavy atom. The Bertz CT molecular complexity index is 589. The molecule has 1 aliphatic rings. The van der Waals surface area contributed by atoms with Gasteiger partial charge in [-0.15, -0.1) is 0 Å². The first kappa shape index (κ1) is 23.5. The first-order valence-electron chi connectivity index (χ1n) is 9.64. The number of hydrogen-bond donors (Lipinski definition) is 0. The van der Waals surface area contributed by atoms with Crippen LogP contribution in [0, 0.1) is 0 Å². The van der Waals surface area contributed by atoms with Gasteiger partial charge in [0.15, 0.2) is 16.6 Å². The molecular weight excluding hydrogens is 356 g/mol. The van der Waals surface area contributed by atoms with Crippen molar-refractivity contribution in [3.05, 3.63) is 23.3 Å². The van der Waals surface area contributed by atoms with Crippen LogP contribution in [-0.4, -0.2) is 35.1 Å². The number of rotatable bonds is 5. The molecule has 0 radical (unpaired) electrons. The second kappa shape index (κ2) is 7.49. The zero-order chi connectivity index (χ0) is 20.7. The van der Waals surface area contributed by atoms with Gasteiger partial charge in [-0.2, -0.15) is 0 Å². The van der Waals surface area contributed by atoms with Crippen LogP contribution in [0.25, 0.3) is 0 Å². The molecule has 0 unspecified atom stereocenters. The normalized spacial score (nSPS) is 23.4. The number of carbonyl (C=O) groups excluding carboxylic acids is 1. The summed E-state index contributed by atoms with van der Waals surface area (Å²) in [5.74, 6) is 0. The van der Waals surface area contributed by atoms with Crippen LogP contribution in [0.4, 0.5) is 0 Å². The van der Waals surface area contributed by atoms with E-state index < -0.39 is 16.6 Å². The van der Waals surface area contributed by atoms with Crippen molar-refractivity contribution in [1.29, 1.82) is 0 Å². The fourth-order valence-electron chi connectivity index (χ4n) is 2.53. The Labute approximate surface area is 163 Å². The monoisotopic (exact) mass is 396 g/mol. The molecule has 1 aliphatic carbocycles. The van der Waals surface area contributed by atoms with Crippen LogP contribution in [-0.2, 0) is 13.6 Å². The molecule has 1 rings (SSSR count). The fourth-order valence-corrected chi connectivity index (χ4v) is 5.10. The molecular formula is C21H40O3Si2. The Kier molecular flexibility index (Phi) is 6.78. The van der Waals surface area contributed by atoms with Gasteiger partial charge in [0.05, 0.1) is 12.2 Å². The van der Waals surface area contributed by atoms with E-state index >= 15 is 0 Å². The first-order valence-corrected chi connectivity index (χ1v) is 15.5. The van der Waals surface area contributed by atoms with Crippen molar-refractivity contribution in [3.63, 3.8) is 0 Å². The minimum absolute atomic E-state index is 0.0993. The molecule has 3 nitrogen and oxygen atoms in total. The lowest BCUT2D eigenvalue weighted by Crippen LogP contribution is -2.50. The second-order valence-electron chi connectivity index (χ2n) is 10.7. The SMILES string of the molecule is C=C1[C@H](O[Si](C)(C)C(C)(C)C)C(C)=C(C=O)C[C@H]1O[Si](C)(C)C(C)(C)C. The van der Waals surface area contributed by atoms with E-state index in [2.05, 4.69) is 74.3 Å². The average Bonchev–Trinajstić information content (AvgIpc) is 2.43. The molecule has 0 bridgehead atoms. The molecule has 0 aromatic heterocycles. The highest BCUT2D eigenvalue weighted by Gasteiger charge is 2.45. The zero-order valence-electron chi connectivity index (χ0n) is 18.9. The van der Waals surface area contributed by atoms with Gasteiger partial charge in [0.25, 0.3) is 0 Å². The molecule has 0 saturated carbocycles. The highest BCUT2D eigenvalue weighted by molar-refractivity contribution is 6.74. The summed E-state index contributed by atoms with van der Waals surface area (Å²) >= 11 is 0. The van der Waals surface area contributed by atoms with E-state index in [1.54, 1.807) is 0 Å². The largest absolute Gasteiger partial charge is 0.410 e. The molecule has 0 heterocycles. The molecule has 0 aromatic carbocycles. The minimum atomic E-state index is -2.00. The Balaban J connectivity index is 3.23. The lowest BCUT2D eigenvalue weighted by atomic mass is 9.86. The molecule has 0 aliphatic heterocycles. The van der Waals surface area contributed by atoms with Crippen molar-refractivity contribution in [3.8, 4) is 0 Å². The Morgan fingerprint density at radius 3 is 1.77 bits per heavy atom. The standard InChI is InChI=1S/C21H40O3Si2/c1-15-17(14-22)13-18(23-25(9,10)20(3,4)5)16(2)19(15)24-26(11,12)21(6,7)8/h14,18-19H,2,13H2,1,3-12H3/t18-,19-/m1/s1. The minimum Gasteiger partial charge on any atom is -0.410 e. The maximum Gasteiger partial charge on any atom is 0.193 e. The van der Waals surface area contributed by atoms with Crippen LogP contribution in [0.3, 0.4) is 0 Å². The summed E-state index contributed by atoms with van der Waals surface area (Å²) in [4.78, 5) is 11.7. The number of carbonyl (C=O) groups is 1. The zero-order valence-corrected chi connectivity index (χ0v) is 20.9. The molecule has 0 fully saturated rings. The molecule has 0 aromatic rings. The van der Waals surface area contributed by atoms with Crippen LogP contribution in [0.15, 0.2) is 23.3 Å². The molecule has 0 N–H and O–H groups in total. The van der Waals surface area contributed by atoms with Crippen molar-refractivity contribution in [1.82, 2.24) is 0 Å². The van der Waals surface area contributed by atoms with Gasteiger partial charge in [0.1, 0.15) is 6.29 Å². The molecule has 150 valence electrons. The third kappa shape index (κ3) is 4.86. The molecule has 26 heavy (non-hydrogen) atoms. The molecule has 0 saturated heterocycles. The van der Waals surface area contributed by atoms with Crippen molar-refractivity contribution < 1.29 is 13.6 Å². The van der Waals surface area contributed by atoms with Gasteiger partial charge in [-0.05, 0) is 59.9 Å². The first-order chi connectivity index (χ1) is 11.4. The Morgan fingerprint density at radius 1 is 0.962 bits per heavy atom. The lowest BCUT2D eigenvalue weighted by molar-refractivity contribution is -0.105. The highest BCUT2D eigenvalue weighted by Crippen LogP contribution is 2.44. The van der Waals surface area contributed by atoms with Gasteiger partial charge in [-0.3, -0.25) is 4.79 Å². The summed E-state index contributed by atoms with van der Waals surface area (Å²) in [5, 5.41) is 0.211. The van der Waals surface area contributed by atoms with Crippen molar-refractivity contribution in [2.75, 3.05) is 0 Å². The molecule has 0 spiro atoms. The summed E-state index contributed by atoms with van der Waals surface area (Å²) in [5.41, 5.74) is 2.79. The van der Waals surface area contributed by atoms with E-state index in [9.17, 15) is 4.79 Å². The van der Waals surface area contributed by atoms with Gasteiger partial charge in [0, 0.05) is 6.42 Å². The van der Waals surface area contributed by atoms with Crippen LogP contribution < -0.4 is 0 Å². The van der Waals surface area contributed by atoms with Gasteiger partial charge in [0.2, 0.25) is 0 Å². The fraction of sp³-hybridized carbons (Fsp3) is 0.762. The van der Waals surface area contributed by atoms with Gasteiger partial charge >= 0.3 is 0 Å². The summed E-state index contributed by atoms with van der Waals surface area (Å²) in [6, 6.07) is 0. The summed E-state index contributed by atoms with van der Waals surface area (Å²) in [6.45, 7) is 28.7. The van der Waals surface area contributed by atoms with Crippen LogP contribution in [0.1, 0.15) is 54.9 Å². The predicted molar refractivity (Wildman–Crippen MR) is 117 cm³/mol. The lowest BCUT2D eigenvalue weighted by Gasteiger charge is -2.45. The summed E-state index contributed by atoms with van der Waals surface area (Å²) in [6.07, 6.45) is 1.22. The van der Waals surface area contributed by atoms with Crippen LogP contribution in [0.2, 0.25) is 36.3 Å². The number of aldehydes is 1. The van der Waals surface area contributed by atoms with Crippen LogP contribution in [0.5, 0.6) is 0 Å². The van der Waals surface area contributed by atoms with E-state index in [-0.39, 0.29) is 22.3 Å². The molecule has 5 heteroatoms. The number of hydrogen-bond acceptors (Lipinski definition) is 3. The van der Waals surface area contributed by atoms with Crippen molar-refractivity contribution in [2.24, 2.45) is 0 Å². The maximum absolute atomic E-state index is 11.7. The van der Waals surface area contributed by atoms with Gasteiger partial charge < -0.3 is 8.85 Å². The topological polar surface area (TPSA) is 35.5 Å². The quantitative estimate of drug-likeness (QED) is 0.313. The van der Waals surface area contributed by atoms with Crippen molar-refractivity contribution >= 4 is 22.9 Å². The summed E-state index contributed by atoms with van der Waals surface area (Å²) < 4.78 is 13.3. The van der Waals surface area contributed by atoms with E-state index in [0.29, 0.717) is 6.42 Å². The van der Waals surface area contributed by atoms with Gasteiger partial charge in [-0.1, -0.05) is 48.1 Å². The Hall–Kier alpha value is -0.496. The van der Waals surface area contributed by atoms with E-state index in [0.717, 1.165) is 23.0 Å². The van der Waals surface area contributed by atoms with Crippen molar-refractivity contribution in [2.45, 2.75) is 103 Å². The smallest absolute Gasteiger partial charge is 0.193 e. The maximum atomic E-state index is 11.7. The molecule has 0 amide bonds. The van der Waals surface area contributed by atoms with Gasteiger partial charge in [-0.25, -0.2) is 0 Å². The van der Waals surface area contributed by atoms with E-state index in [1.807, 2.05) is 6.92 Å². The third-order valence-electron chi connectivity index (χ3n) is 6.66. The van der Waals surface area contributed by atoms with E-state index in [1.165, 1.54) is 0 Å². The van der Waals surface area contributed by atoms with E-state index in [4.69, 9.17) is 8.85 Å². The van der Waals surface area contributed by atoms with Crippen LogP contribution >= 0.6 is 0 Å². The summed E-state index contributed by atoms with van der Waals surface area (Å²) in [7, 11) is -3.97. The predicted octanol–water partition coefficient (Wildman–Crippen LogP) is 6.24. The second-order valence-corrected chi connectivity index (χ2v) is 20.2.